The smallest absolute Gasteiger partial charge is 0.0401 e. The molecule has 2 nitrogen and oxygen atoms in total. The van der Waals surface area contributed by atoms with Gasteiger partial charge < -0.3 is 10.6 Å². The Hall–Kier alpha value is -1.32. The van der Waals surface area contributed by atoms with E-state index in [4.69, 9.17) is 5.73 Å². The number of fused-ring (bicyclic) bond motifs is 1. The first-order valence-electron chi connectivity index (χ1n) is 7.91. The molecule has 2 aromatic carbocycles. The van der Waals surface area contributed by atoms with Crippen molar-refractivity contribution in [2.24, 2.45) is 5.73 Å². The van der Waals surface area contributed by atoms with Crippen molar-refractivity contribution >= 4 is 21.6 Å². The van der Waals surface area contributed by atoms with E-state index in [9.17, 15) is 0 Å². The van der Waals surface area contributed by atoms with Crippen LogP contribution < -0.4 is 10.6 Å². The van der Waals surface area contributed by atoms with Crippen molar-refractivity contribution in [3.8, 4) is 0 Å². The van der Waals surface area contributed by atoms with E-state index in [-0.39, 0.29) is 0 Å². The summed E-state index contributed by atoms with van der Waals surface area (Å²) in [4.78, 5) is 2.47. The van der Waals surface area contributed by atoms with E-state index in [1.165, 1.54) is 29.8 Å². The summed E-state index contributed by atoms with van der Waals surface area (Å²) in [6.07, 6.45) is 2.16. The Morgan fingerprint density at radius 2 is 1.77 bits per heavy atom. The lowest BCUT2D eigenvalue weighted by Crippen LogP contribution is -2.28. The molecule has 0 fully saturated rings. The number of anilines is 1. The fourth-order valence-electron chi connectivity index (χ4n) is 2.76. The van der Waals surface area contributed by atoms with Crippen LogP contribution in [0.2, 0.25) is 0 Å². The molecular weight excluding hydrogens is 336 g/mol. The number of para-hydroxylation sites is 1. The second-order valence-corrected chi connectivity index (χ2v) is 6.65. The van der Waals surface area contributed by atoms with E-state index in [0.29, 0.717) is 12.6 Å². The van der Waals surface area contributed by atoms with Gasteiger partial charge in [0.25, 0.3) is 0 Å². The fraction of sp³-hybridized carbons (Fsp3) is 0.368. The van der Waals surface area contributed by atoms with Gasteiger partial charge in [0.1, 0.15) is 0 Å². The van der Waals surface area contributed by atoms with Gasteiger partial charge in [-0.3, -0.25) is 0 Å². The molecule has 1 aliphatic rings. The Labute approximate surface area is 142 Å². The van der Waals surface area contributed by atoms with E-state index < -0.39 is 0 Å². The standard InChI is InChI=1S/C11H15N.C8H10BrN/c1-9(2)12-8-7-10-5-3-4-6-11(10)12;9-8-4-2-1-3-7(8)5-6-10/h3-6,9H,7-8H2,1-2H3;1-4H,5-6,10H2. The highest BCUT2D eigenvalue weighted by molar-refractivity contribution is 9.10. The molecule has 0 saturated heterocycles. The Bertz CT molecular complexity index is 595. The minimum Gasteiger partial charge on any atom is -0.369 e. The summed E-state index contributed by atoms with van der Waals surface area (Å²) in [5.74, 6) is 0. The van der Waals surface area contributed by atoms with Crippen molar-refractivity contribution in [3.05, 3.63) is 64.1 Å². The maximum atomic E-state index is 5.41. The molecule has 22 heavy (non-hydrogen) atoms. The summed E-state index contributed by atoms with van der Waals surface area (Å²) in [6, 6.07) is 17.5. The van der Waals surface area contributed by atoms with Crippen LogP contribution >= 0.6 is 15.9 Å². The van der Waals surface area contributed by atoms with Gasteiger partial charge in [0, 0.05) is 22.7 Å². The monoisotopic (exact) mass is 360 g/mol. The van der Waals surface area contributed by atoms with Crippen LogP contribution in [0.1, 0.15) is 25.0 Å². The SMILES string of the molecule is CC(C)N1CCc2ccccc21.NCCc1ccccc1Br. The number of nitrogens with two attached hydrogens (primary N) is 1. The highest BCUT2D eigenvalue weighted by Crippen LogP contribution is 2.28. The van der Waals surface area contributed by atoms with Crippen LogP contribution in [-0.2, 0) is 12.8 Å². The van der Waals surface area contributed by atoms with E-state index in [1.807, 2.05) is 18.2 Å². The number of hydrogen-bond acceptors (Lipinski definition) is 2. The zero-order valence-corrected chi connectivity index (χ0v) is 15.0. The second kappa shape index (κ2) is 8.35. The first-order valence-corrected chi connectivity index (χ1v) is 8.70. The van der Waals surface area contributed by atoms with Gasteiger partial charge in [-0.25, -0.2) is 0 Å². The molecule has 2 N–H and O–H groups in total. The summed E-state index contributed by atoms with van der Waals surface area (Å²) >= 11 is 3.44. The number of nitrogens with zero attached hydrogens (tertiary/aromatic N) is 1. The fourth-order valence-corrected chi connectivity index (χ4v) is 3.24. The molecule has 118 valence electrons. The van der Waals surface area contributed by atoms with Gasteiger partial charge in [-0.1, -0.05) is 52.3 Å². The topological polar surface area (TPSA) is 29.3 Å². The summed E-state index contributed by atoms with van der Waals surface area (Å²) in [7, 11) is 0. The second-order valence-electron chi connectivity index (χ2n) is 5.80. The number of rotatable bonds is 3. The summed E-state index contributed by atoms with van der Waals surface area (Å²) in [6.45, 7) is 6.41. The molecular formula is C19H25BrN2. The average molecular weight is 361 g/mol. The zero-order chi connectivity index (χ0) is 15.9. The molecule has 0 atom stereocenters. The van der Waals surface area contributed by atoms with Crippen molar-refractivity contribution in [2.75, 3.05) is 18.0 Å². The van der Waals surface area contributed by atoms with Gasteiger partial charge in [-0.2, -0.15) is 0 Å². The highest BCUT2D eigenvalue weighted by atomic mass is 79.9. The quantitative estimate of drug-likeness (QED) is 0.878. The normalized spacial score (nSPS) is 12.9. The molecule has 0 bridgehead atoms. The summed E-state index contributed by atoms with van der Waals surface area (Å²) < 4.78 is 1.15. The Morgan fingerprint density at radius 1 is 1.09 bits per heavy atom. The lowest BCUT2D eigenvalue weighted by Gasteiger charge is -2.23. The third-order valence-electron chi connectivity index (χ3n) is 3.92. The van der Waals surface area contributed by atoms with E-state index in [2.05, 4.69) is 65.0 Å². The lowest BCUT2D eigenvalue weighted by atomic mass is 10.2. The van der Waals surface area contributed by atoms with Crippen LogP contribution in [0.5, 0.6) is 0 Å². The predicted octanol–water partition coefficient (Wildman–Crippen LogP) is 4.41. The summed E-state index contributed by atoms with van der Waals surface area (Å²) in [5.41, 5.74) is 9.63. The van der Waals surface area contributed by atoms with Crippen molar-refractivity contribution in [3.63, 3.8) is 0 Å². The van der Waals surface area contributed by atoms with Gasteiger partial charge >= 0.3 is 0 Å². The molecule has 0 spiro atoms. The minimum atomic E-state index is 0.633. The molecule has 0 aliphatic carbocycles. The highest BCUT2D eigenvalue weighted by Gasteiger charge is 2.19. The number of benzene rings is 2. The molecule has 0 unspecified atom stereocenters. The Balaban J connectivity index is 0.000000164. The summed E-state index contributed by atoms with van der Waals surface area (Å²) in [5, 5.41) is 0. The molecule has 0 amide bonds. The van der Waals surface area contributed by atoms with Crippen LogP contribution in [0.15, 0.2) is 53.0 Å². The van der Waals surface area contributed by atoms with Gasteiger partial charge in [0.15, 0.2) is 0 Å². The number of hydrogen-bond donors (Lipinski definition) is 1. The molecule has 3 heteroatoms. The molecule has 0 aromatic heterocycles. The van der Waals surface area contributed by atoms with Crippen molar-refractivity contribution in [1.82, 2.24) is 0 Å². The predicted molar refractivity (Wildman–Crippen MR) is 99.5 cm³/mol. The first kappa shape index (κ1) is 17.0. The first-order chi connectivity index (χ1) is 10.6. The molecule has 0 radical (unpaired) electrons. The largest absolute Gasteiger partial charge is 0.369 e. The van der Waals surface area contributed by atoms with Crippen molar-refractivity contribution in [2.45, 2.75) is 32.7 Å². The van der Waals surface area contributed by atoms with Gasteiger partial charge in [0.05, 0.1) is 0 Å². The van der Waals surface area contributed by atoms with Gasteiger partial charge in [0.2, 0.25) is 0 Å². The van der Waals surface area contributed by atoms with Crippen LogP contribution in [-0.4, -0.2) is 19.1 Å². The maximum Gasteiger partial charge on any atom is 0.0401 e. The molecule has 2 aromatic rings. The minimum absolute atomic E-state index is 0.633. The Morgan fingerprint density at radius 3 is 2.45 bits per heavy atom. The molecule has 1 aliphatic heterocycles. The molecule has 3 rings (SSSR count). The van der Waals surface area contributed by atoms with E-state index >= 15 is 0 Å². The van der Waals surface area contributed by atoms with E-state index in [0.717, 1.165) is 10.9 Å². The zero-order valence-electron chi connectivity index (χ0n) is 13.4. The van der Waals surface area contributed by atoms with Crippen LogP contribution in [0.4, 0.5) is 5.69 Å². The third-order valence-corrected chi connectivity index (χ3v) is 4.69. The van der Waals surface area contributed by atoms with Crippen molar-refractivity contribution < 1.29 is 0 Å². The molecule has 1 heterocycles. The van der Waals surface area contributed by atoms with Gasteiger partial charge in [-0.15, -0.1) is 0 Å². The van der Waals surface area contributed by atoms with Crippen molar-refractivity contribution in [1.29, 1.82) is 0 Å². The van der Waals surface area contributed by atoms with Crippen LogP contribution in [0.25, 0.3) is 0 Å². The Kier molecular flexibility index (Phi) is 6.47. The van der Waals surface area contributed by atoms with Crippen LogP contribution in [0.3, 0.4) is 0 Å². The molecule has 0 saturated carbocycles. The average Bonchev–Trinajstić information content (AvgIpc) is 2.95. The van der Waals surface area contributed by atoms with E-state index in [1.54, 1.807) is 0 Å². The van der Waals surface area contributed by atoms with Gasteiger partial charge in [-0.05, 0) is 56.5 Å². The third kappa shape index (κ3) is 4.34. The number of halogens is 1. The van der Waals surface area contributed by atoms with Crippen LogP contribution in [0, 0.1) is 0 Å². The maximum absolute atomic E-state index is 5.41. The lowest BCUT2D eigenvalue weighted by molar-refractivity contribution is 0.710.